The van der Waals surface area contributed by atoms with Gasteiger partial charge < -0.3 is 0 Å². The molecule has 0 fully saturated rings. The maximum Gasteiger partial charge on any atom is 0.0501 e. The monoisotopic (exact) mass is 318 g/mol. The van der Waals surface area contributed by atoms with Crippen LogP contribution in [0, 0.1) is 0 Å². The fraction of sp³-hybridized carbons (Fsp3) is 0.143. The molecule has 4 heteroatoms. The minimum absolute atomic E-state index is 0.699. The normalized spacial score (nSPS) is 10.1. The molecule has 0 aliphatic carbocycles. The predicted octanol–water partition coefficient (Wildman–Crippen LogP) is 4.48. The molecule has 0 unspecified atom stereocenters. The molecule has 0 nitrogen and oxygen atoms in total. The van der Waals surface area contributed by atoms with Crippen LogP contribution in [-0.2, 0) is 0 Å². The van der Waals surface area contributed by atoms with Crippen LogP contribution in [0.3, 0.4) is 0 Å². The van der Waals surface area contributed by atoms with E-state index in [0.717, 1.165) is 8.66 Å². The first-order valence-electron chi connectivity index (χ1n) is 2.87. The van der Waals surface area contributed by atoms with Crippen LogP contribution >= 0.6 is 57.6 Å². The van der Waals surface area contributed by atoms with Gasteiger partial charge in [-0.05, 0) is 18.2 Å². The van der Waals surface area contributed by atoms with Crippen molar-refractivity contribution in [2.24, 2.45) is 0 Å². The first-order chi connectivity index (χ1) is 5.22. The largest absolute Gasteiger partial charge is 0.115 e. The first kappa shape index (κ1) is 9.96. The van der Waals surface area contributed by atoms with Crippen molar-refractivity contribution in [1.82, 2.24) is 0 Å². The van der Waals surface area contributed by atoms with Gasteiger partial charge >= 0.3 is 0 Å². The molecule has 0 radical (unpaired) electrons. The molecule has 0 heterocycles. The van der Waals surface area contributed by atoms with Gasteiger partial charge in [-0.3, -0.25) is 0 Å². The van der Waals surface area contributed by atoms with Crippen molar-refractivity contribution in [2.75, 3.05) is 3.76 Å². The molecule has 1 aromatic rings. The Morgan fingerprint density at radius 1 is 1.18 bits per heavy atom. The quantitative estimate of drug-likeness (QED) is 0.440. The molecule has 1 aromatic carbocycles. The number of benzene rings is 1. The zero-order chi connectivity index (χ0) is 8.27. The third kappa shape index (κ3) is 3.40. The highest BCUT2D eigenvalue weighted by Crippen LogP contribution is 2.27. The number of alkyl halides is 1. The second-order valence-corrected chi connectivity index (χ2v) is 5.58. The molecule has 0 N–H and O–H groups in total. The molecule has 0 spiro atoms. The van der Waals surface area contributed by atoms with E-state index < -0.39 is 0 Å². The molecule has 0 saturated heterocycles. The van der Waals surface area contributed by atoms with Crippen LogP contribution in [-0.4, -0.2) is 3.76 Å². The Labute approximate surface area is 93.8 Å². The summed E-state index contributed by atoms with van der Waals surface area (Å²) in [4.78, 5) is 1.12. The molecule has 0 aliphatic rings. The minimum atomic E-state index is 0.699. The van der Waals surface area contributed by atoms with Gasteiger partial charge in [-0.15, -0.1) is 11.8 Å². The van der Waals surface area contributed by atoms with Crippen molar-refractivity contribution < 1.29 is 0 Å². The van der Waals surface area contributed by atoms with Gasteiger partial charge in [-0.25, -0.2) is 0 Å². The van der Waals surface area contributed by atoms with Gasteiger partial charge in [0.2, 0.25) is 0 Å². The molecule has 0 atom stereocenters. The highest BCUT2D eigenvalue weighted by molar-refractivity contribution is 14.1. The van der Waals surface area contributed by atoms with Crippen LogP contribution in [0.25, 0.3) is 0 Å². The van der Waals surface area contributed by atoms with Crippen molar-refractivity contribution in [1.29, 1.82) is 0 Å². The van der Waals surface area contributed by atoms with Crippen molar-refractivity contribution in [3.8, 4) is 0 Å². The zero-order valence-corrected chi connectivity index (χ0v) is 9.97. The summed E-state index contributed by atoms with van der Waals surface area (Å²) in [6.07, 6.45) is 0. The second kappa shape index (κ2) is 4.80. The molecule has 11 heavy (non-hydrogen) atoms. The van der Waals surface area contributed by atoms with Crippen molar-refractivity contribution in [2.45, 2.75) is 4.90 Å². The van der Waals surface area contributed by atoms with Gasteiger partial charge in [0.05, 0.1) is 3.76 Å². The summed E-state index contributed by atoms with van der Waals surface area (Å²) >= 11 is 15.6. The van der Waals surface area contributed by atoms with Gasteiger partial charge in [-0.2, -0.15) is 0 Å². The van der Waals surface area contributed by atoms with E-state index in [1.807, 2.05) is 12.1 Å². The topological polar surface area (TPSA) is 0 Å². The molecule has 0 amide bonds. The highest BCUT2D eigenvalue weighted by atomic mass is 127. The Hall–Kier alpha value is 0.880. The lowest BCUT2D eigenvalue weighted by Gasteiger charge is -1.98. The molecule has 1 rings (SSSR count). The zero-order valence-electron chi connectivity index (χ0n) is 5.48. The summed E-state index contributed by atoms with van der Waals surface area (Å²) in [6, 6.07) is 5.56. The molecule has 0 saturated carbocycles. The summed E-state index contributed by atoms with van der Waals surface area (Å²) in [7, 11) is 0. The van der Waals surface area contributed by atoms with Crippen molar-refractivity contribution >= 4 is 57.6 Å². The van der Waals surface area contributed by atoms with E-state index in [1.54, 1.807) is 17.8 Å². The smallest absolute Gasteiger partial charge is 0.0501 e. The highest BCUT2D eigenvalue weighted by Gasteiger charge is 1.96. The lowest BCUT2D eigenvalue weighted by atomic mass is 10.4. The van der Waals surface area contributed by atoms with E-state index in [2.05, 4.69) is 22.6 Å². The fourth-order valence-corrected chi connectivity index (χ4v) is 2.96. The number of halogens is 3. The van der Waals surface area contributed by atoms with E-state index in [1.165, 1.54) is 0 Å². The molecule has 60 valence electrons. The van der Waals surface area contributed by atoms with Gasteiger partial charge in [0.15, 0.2) is 0 Å². The summed E-state index contributed by atoms with van der Waals surface area (Å²) in [6.45, 7) is 0. The van der Waals surface area contributed by atoms with Gasteiger partial charge in [-0.1, -0.05) is 45.8 Å². The third-order valence-electron chi connectivity index (χ3n) is 1.06. The molecule has 0 aliphatic heterocycles. The number of hydrogen-bond acceptors (Lipinski definition) is 1. The average molecular weight is 319 g/mol. The second-order valence-electron chi connectivity index (χ2n) is 1.86. The van der Waals surface area contributed by atoms with Crippen LogP contribution in [0.2, 0.25) is 10.0 Å². The van der Waals surface area contributed by atoms with Crippen LogP contribution in [0.4, 0.5) is 0 Å². The van der Waals surface area contributed by atoms with Crippen molar-refractivity contribution in [3.63, 3.8) is 0 Å². The summed E-state index contributed by atoms with van der Waals surface area (Å²) < 4.78 is 1.01. The van der Waals surface area contributed by atoms with Gasteiger partial charge in [0.25, 0.3) is 0 Å². The molecular weight excluding hydrogens is 314 g/mol. The Morgan fingerprint density at radius 3 is 2.18 bits per heavy atom. The van der Waals surface area contributed by atoms with Crippen LogP contribution < -0.4 is 0 Å². The predicted molar refractivity (Wildman–Crippen MR) is 61.2 cm³/mol. The lowest BCUT2D eigenvalue weighted by molar-refractivity contribution is 1.47. The van der Waals surface area contributed by atoms with E-state index in [4.69, 9.17) is 23.2 Å². The van der Waals surface area contributed by atoms with Gasteiger partial charge in [0.1, 0.15) is 0 Å². The van der Waals surface area contributed by atoms with Crippen molar-refractivity contribution in [3.05, 3.63) is 28.2 Å². The minimum Gasteiger partial charge on any atom is -0.115 e. The Bertz CT molecular complexity index is 232. The SMILES string of the molecule is Clc1cc(Cl)cc(SCI)c1. The summed E-state index contributed by atoms with van der Waals surface area (Å²) in [5.41, 5.74) is 0. The van der Waals surface area contributed by atoms with Crippen LogP contribution in [0.15, 0.2) is 23.1 Å². The van der Waals surface area contributed by atoms with E-state index in [9.17, 15) is 0 Å². The number of rotatable bonds is 2. The average Bonchev–Trinajstić information content (AvgIpc) is 1.85. The lowest BCUT2D eigenvalue weighted by Crippen LogP contribution is -1.72. The van der Waals surface area contributed by atoms with E-state index in [-0.39, 0.29) is 0 Å². The summed E-state index contributed by atoms with van der Waals surface area (Å²) in [5.74, 6) is 0. The fourth-order valence-electron chi connectivity index (χ4n) is 0.675. The van der Waals surface area contributed by atoms with E-state index >= 15 is 0 Å². The van der Waals surface area contributed by atoms with E-state index in [0.29, 0.717) is 10.0 Å². The molecule has 0 bridgehead atoms. The number of thioether (sulfide) groups is 1. The number of hydrogen-bond donors (Lipinski definition) is 0. The van der Waals surface area contributed by atoms with Gasteiger partial charge in [0, 0.05) is 14.9 Å². The third-order valence-corrected chi connectivity index (χ3v) is 3.11. The maximum absolute atomic E-state index is 5.79. The van der Waals surface area contributed by atoms with Crippen LogP contribution in [0.5, 0.6) is 0 Å². The summed E-state index contributed by atoms with van der Waals surface area (Å²) in [5, 5.41) is 1.40. The first-order valence-corrected chi connectivity index (χ1v) is 6.14. The standard InChI is InChI=1S/C7H5Cl2IS/c8-5-1-6(9)3-7(2-5)11-4-10/h1-3H,4H2. The Morgan fingerprint density at radius 2 is 1.73 bits per heavy atom. The maximum atomic E-state index is 5.79. The Kier molecular flexibility index (Phi) is 4.34. The molecular formula is C7H5Cl2IS. The molecule has 0 aromatic heterocycles. The van der Waals surface area contributed by atoms with Crippen LogP contribution in [0.1, 0.15) is 0 Å². The Balaban J connectivity index is 2.89.